The molecule has 19 heavy (non-hydrogen) atoms. The van der Waals surface area contributed by atoms with E-state index in [1.165, 1.54) is 11.3 Å². The van der Waals surface area contributed by atoms with Gasteiger partial charge in [-0.3, -0.25) is 14.2 Å². The summed E-state index contributed by atoms with van der Waals surface area (Å²) in [5.41, 5.74) is 0.623. The van der Waals surface area contributed by atoms with Gasteiger partial charge < -0.3 is 5.32 Å². The predicted molar refractivity (Wildman–Crippen MR) is 74.5 cm³/mol. The maximum absolute atomic E-state index is 12.5. The normalized spacial score (nSPS) is 20.3. The average molecular weight is 277 g/mol. The van der Waals surface area contributed by atoms with Gasteiger partial charge in [-0.25, -0.2) is 4.98 Å². The van der Waals surface area contributed by atoms with Crippen LogP contribution < -0.4 is 10.9 Å². The fraction of sp³-hybridized carbons (Fsp3) is 0.462. The molecule has 1 aliphatic rings. The van der Waals surface area contributed by atoms with E-state index in [1.807, 2.05) is 11.4 Å². The van der Waals surface area contributed by atoms with Gasteiger partial charge in [0.15, 0.2) is 0 Å². The second-order valence-corrected chi connectivity index (χ2v) is 5.69. The van der Waals surface area contributed by atoms with Gasteiger partial charge in [-0.1, -0.05) is 0 Å². The van der Waals surface area contributed by atoms with Crippen molar-refractivity contribution in [1.29, 1.82) is 0 Å². The Morgan fingerprint density at radius 3 is 3.11 bits per heavy atom. The van der Waals surface area contributed by atoms with E-state index in [4.69, 9.17) is 0 Å². The third kappa shape index (κ3) is 2.06. The Hall–Kier alpha value is -1.69. The summed E-state index contributed by atoms with van der Waals surface area (Å²) in [7, 11) is 0. The molecule has 3 heterocycles. The lowest BCUT2D eigenvalue weighted by molar-refractivity contribution is -0.124. The number of nitrogens with one attached hydrogen (secondary N) is 1. The Morgan fingerprint density at radius 2 is 2.26 bits per heavy atom. The quantitative estimate of drug-likeness (QED) is 0.861. The highest BCUT2D eigenvalue weighted by atomic mass is 32.1. The zero-order chi connectivity index (χ0) is 13.4. The van der Waals surface area contributed by atoms with Gasteiger partial charge >= 0.3 is 0 Å². The lowest BCUT2D eigenvalue weighted by Gasteiger charge is -2.18. The third-order valence-electron chi connectivity index (χ3n) is 3.51. The van der Waals surface area contributed by atoms with E-state index >= 15 is 0 Å². The van der Waals surface area contributed by atoms with Gasteiger partial charge in [0.1, 0.15) is 16.6 Å². The van der Waals surface area contributed by atoms with Crippen molar-refractivity contribution < 1.29 is 4.79 Å². The molecule has 1 saturated heterocycles. The third-order valence-corrected chi connectivity index (χ3v) is 4.40. The van der Waals surface area contributed by atoms with Crippen molar-refractivity contribution in [1.82, 2.24) is 14.9 Å². The molecule has 5 nitrogen and oxygen atoms in total. The zero-order valence-corrected chi connectivity index (χ0v) is 11.5. The fourth-order valence-corrected chi connectivity index (χ4v) is 3.34. The topological polar surface area (TPSA) is 64.0 Å². The highest BCUT2D eigenvalue weighted by molar-refractivity contribution is 7.17. The van der Waals surface area contributed by atoms with E-state index in [0.29, 0.717) is 23.5 Å². The van der Waals surface area contributed by atoms with E-state index in [-0.39, 0.29) is 11.5 Å². The molecule has 1 amide bonds. The zero-order valence-electron chi connectivity index (χ0n) is 10.7. The molecule has 1 fully saturated rings. The minimum Gasteiger partial charge on any atom is -0.354 e. The molecule has 100 valence electrons. The van der Waals surface area contributed by atoms with Crippen molar-refractivity contribution in [2.75, 3.05) is 6.54 Å². The predicted octanol–water partition coefficient (Wildman–Crippen LogP) is 1.61. The second kappa shape index (κ2) is 4.77. The first kappa shape index (κ1) is 12.3. The number of hydrogen-bond donors (Lipinski definition) is 1. The summed E-state index contributed by atoms with van der Waals surface area (Å²) < 4.78 is 2.18. The molecule has 1 N–H and O–H groups in total. The Bertz CT molecular complexity index is 689. The van der Waals surface area contributed by atoms with E-state index in [9.17, 15) is 9.59 Å². The molecule has 1 atom stereocenters. The molecule has 6 heteroatoms. The molecule has 0 spiro atoms. The van der Waals surface area contributed by atoms with Gasteiger partial charge in [0, 0.05) is 6.54 Å². The molecule has 0 unspecified atom stereocenters. The first-order valence-corrected chi connectivity index (χ1v) is 7.30. The van der Waals surface area contributed by atoms with Gasteiger partial charge in [-0.2, -0.15) is 0 Å². The number of nitrogens with zero attached hydrogens (tertiary/aromatic N) is 2. The summed E-state index contributed by atoms with van der Waals surface area (Å²) >= 11 is 1.38. The summed E-state index contributed by atoms with van der Waals surface area (Å²) in [6.07, 6.45) is 2.60. The van der Waals surface area contributed by atoms with Crippen LogP contribution in [0.4, 0.5) is 0 Å². The summed E-state index contributed by atoms with van der Waals surface area (Å²) in [6.45, 7) is 2.48. The van der Waals surface area contributed by atoms with Crippen LogP contribution in [-0.4, -0.2) is 22.0 Å². The van der Waals surface area contributed by atoms with Gasteiger partial charge in [0.05, 0.1) is 5.52 Å². The van der Waals surface area contributed by atoms with Crippen LogP contribution in [-0.2, 0) is 4.79 Å². The second-order valence-electron chi connectivity index (χ2n) is 4.77. The number of amides is 1. The first-order valence-electron chi connectivity index (χ1n) is 6.42. The van der Waals surface area contributed by atoms with Crippen LogP contribution >= 0.6 is 11.3 Å². The average Bonchev–Trinajstić information content (AvgIpc) is 2.74. The van der Waals surface area contributed by atoms with E-state index in [1.54, 1.807) is 11.5 Å². The van der Waals surface area contributed by atoms with Crippen LogP contribution in [0, 0.1) is 6.92 Å². The minimum atomic E-state index is -0.422. The van der Waals surface area contributed by atoms with Crippen LogP contribution in [0.3, 0.4) is 0 Å². The van der Waals surface area contributed by atoms with Crippen molar-refractivity contribution in [2.24, 2.45) is 0 Å². The summed E-state index contributed by atoms with van der Waals surface area (Å²) in [4.78, 5) is 29.0. The first-order chi connectivity index (χ1) is 9.18. The van der Waals surface area contributed by atoms with Gasteiger partial charge in [-0.15, -0.1) is 11.3 Å². The van der Waals surface area contributed by atoms with Crippen molar-refractivity contribution in [3.63, 3.8) is 0 Å². The number of rotatable bonds is 1. The van der Waals surface area contributed by atoms with Crippen LogP contribution in [0.1, 0.15) is 31.1 Å². The molecule has 0 bridgehead atoms. The van der Waals surface area contributed by atoms with E-state index in [0.717, 1.165) is 18.4 Å². The molecule has 2 aromatic heterocycles. The Morgan fingerprint density at radius 1 is 1.42 bits per heavy atom. The molecule has 2 aromatic rings. The number of hydrogen-bond acceptors (Lipinski definition) is 4. The molecule has 1 aliphatic heterocycles. The van der Waals surface area contributed by atoms with Crippen LogP contribution in [0.25, 0.3) is 10.2 Å². The lowest BCUT2D eigenvalue weighted by atomic mass is 10.1. The molecule has 0 radical (unpaired) electrons. The van der Waals surface area contributed by atoms with Crippen LogP contribution in [0.2, 0.25) is 0 Å². The molecule has 0 aromatic carbocycles. The maximum Gasteiger partial charge on any atom is 0.272 e. The van der Waals surface area contributed by atoms with E-state index < -0.39 is 6.04 Å². The smallest absolute Gasteiger partial charge is 0.272 e. The Balaban J connectivity index is 2.18. The summed E-state index contributed by atoms with van der Waals surface area (Å²) in [5, 5.41) is 4.72. The number of aromatic nitrogens is 2. The lowest BCUT2D eigenvalue weighted by Crippen LogP contribution is -2.37. The van der Waals surface area contributed by atoms with Crippen molar-refractivity contribution >= 4 is 27.5 Å². The molecule has 0 saturated carbocycles. The number of aryl methyl sites for hydroxylation is 1. The standard InChI is InChI=1S/C13H15N3O2S/c1-8-15-9-5-7-19-11(9)13(18)16(8)10-4-2-3-6-14-12(10)17/h5,7,10H,2-4,6H2,1H3,(H,14,17)/t10-/m0/s1. The number of carbonyl (C=O) groups excluding carboxylic acids is 1. The van der Waals surface area contributed by atoms with Crippen LogP contribution in [0.5, 0.6) is 0 Å². The van der Waals surface area contributed by atoms with Gasteiger partial charge in [0.25, 0.3) is 5.56 Å². The summed E-state index contributed by atoms with van der Waals surface area (Å²) in [6, 6.07) is 1.42. The monoisotopic (exact) mass is 277 g/mol. The highest BCUT2D eigenvalue weighted by Crippen LogP contribution is 2.21. The van der Waals surface area contributed by atoms with Crippen molar-refractivity contribution in [3.05, 3.63) is 27.6 Å². The maximum atomic E-state index is 12.5. The van der Waals surface area contributed by atoms with E-state index in [2.05, 4.69) is 10.3 Å². The molecule has 0 aliphatic carbocycles. The van der Waals surface area contributed by atoms with Gasteiger partial charge in [-0.05, 0) is 37.6 Å². The van der Waals surface area contributed by atoms with Gasteiger partial charge in [0.2, 0.25) is 5.91 Å². The fourth-order valence-electron chi connectivity index (χ4n) is 2.57. The number of fused-ring (bicyclic) bond motifs is 1. The molecule has 3 rings (SSSR count). The van der Waals surface area contributed by atoms with Crippen molar-refractivity contribution in [2.45, 2.75) is 32.2 Å². The molecular formula is C13H15N3O2S. The number of carbonyl (C=O) groups is 1. The largest absolute Gasteiger partial charge is 0.354 e. The van der Waals surface area contributed by atoms with Crippen LogP contribution in [0.15, 0.2) is 16.2 Å². The SMILES string of the molecule is Cc1nc2ccsc2c(=O)n1[C@H]1CCCCNC1=O. The molecular weight excluding hydrogens is 262 g/mol. The minimum absolute atomic E-state index is 0.0691. The number of thiophene rings is 1. The Kier molecular flexibility index (Phi) is 3.10. The summed E-state index contributed by atoms with van der Waals surface area (Å²) in [5.74, 6) is 0.540. The van der Waals surface area contributed by atoms with Crippen molar-refractivity contribution in [3.8, 4) is 0 Å². The highest BCUT2D eigenvalue weighted by Gasteiger charge is 2.25. The Labute approximate surface area is 114 Å².